The fourth-order valence-electron chi connectivity index (χ4n) is 3.03. The van der Waals surface area contributed by atoms with Gasteiger partial charge in [-0.3, -0.25) is 4.79 Å². The second-order valence-corrected chi connectivity index (χ2v) is 6.02. The smallest absolute Gasteiger partial charge is 0.242 e. The van der Waals surface area contributed by atoms with Crippen molar-refractivity contribution in [3.8, 4) is 0 Å². The van der Waals surface area contributed by atoms with Crippen LogP contribution in [-0.2, 0) is 17.8 Å². The Labute approximate surface area is 131 Å². The maximum Gasteiger partial charge on any atom is 0.242 e. The van der Waals surface area contributed by atoms with Crippen LogP contribution in [0, 0.1) is 13.8 Å². The Morgan fingerprint density at radius 3 is 2.59 bits per heavy atom. The van der Waals surface area contributed by atoms with Crippen LogP contribution in [0.3, 0.4) is 0 Å². The molecule has 0 atom stereocenters. The summed E-state index contributed by atoms with van der Waals surface area (Å²) in [7, 11) is 0. The zero-order valence-electron chi connectivity index (χ0n) is 13.6. The molecule has 22 heavy (non-hydrogen) atoms. The molecule has 0 aliphatic carbocycles. The van der Waals surface area contributed by atoms with Crippen LogP contribution in [0.1, 0.15) is 23.9 Å². The zero-order valence-corrected chi connectivity index (χ0v) is 13.6. The summed E-state index contributed by atoms with van der Waals surface area (Å²) in [6, 6.07) is 4.28. The Bertz CT molecular complexity index is 698. The summed E-state index contributed by atoms with van der Waals surface area (Å²) < 4.78 is 2.09. The number of nitrogens with one attached hydrogen (secondary N) is 1. The highest BCUT2D eigenvalue weighted by atomic mass is 16.2. The number of benzene rings is 1. The Hall–Kier alpha value is -1.88. The molecule has 5 nitrogen and oxygen atoms in total. The van der Waals surface area contributed by atoms with Crippen LogP contribution in [0.2, 0.25) is 0 Å². The van der Waals surface area contributed by atoms with Crippen molar-refractivity contribution in [1.29, 1.82) is 0 Å². The summed E-state index contributed by atoms with van der Waals surface area (Å²) in [5.74, 6) is 1.18. The number of nitrogens with zero attached hydrogens (tertiary/aromatic N) is 3. The van der Waals surface area contributed by atoms with Crippen LogP contribution in [-0.4, -0.2) is 46.5 Å². The third-order valence-electron chi connectivity index (χ3n) is 4.52. The highest BCUT2D eigenvalue weighted by Gasteiger charge is 2.19. The van der Waals surface area contributed by atoms with E-state index in [1.54, 1.807) is 0 Å². The number of rotatable bonds is 3. The lowest BCUT2D eigenvalue weighted by molar-refractivity contribution is -0.132. The number of imidazole rings is 1. The minimum Gasteiger partial charge on any atom is -0.339 e. The van der Waals surface area contributed by atoms with Gasteiger partial charge in [0, 0.05) is 32.6 Å². The van der Waals surface area contributed by atoms with Gasteiger partial charge in [-0.15, -0.1) is 0 Å². The molecular formula is C17H24N4O. The molecule has 118 valence electrons. The predicted molar refractivity (Wildman–Crippen MR) is 88.0 cm³/mol. The van der Waals surface area contributed by atoms with Crippen molar-refractivity contribution in [1.82, 2.24) is 19.8 Å². The first-order valence-corrected chi connectivity index (χ1v) is 8.05. The van der Waals surface area contributed by atoms with Gasteiger partial charge in [-0.05, 0) is 37.1 Å². The first kappa shape index (κ1) is 15.0. The lowest BCUT2D eigenvalue weighted by Crippen LogP contribution is -2.47. The molecule has 0 radical (unpaired) electrons. The summed E-state index contributed by atoms with van der Waals surface area (Å²) in [5.41, 5.74) is 4.55. The number of amides is 1. The van der Waals surface area contributed by atoms with Crippen LogP contribution >= 0.6 is 0 Å². The van der Waals surface area contributed by atoms with Gasteiger partial charge >= 0.3 is 0 Å². The molecule has 0 bridgehead atoms. The van der Waals surface area contributed by atoms with E-state index in [4.69, 9.17) is 4.98 Å². The van der Waals surface area contributed by atoms with Gasteiger partial charge in [0.25, 0.3) is 0 Å². The Balaban J connectivity index is 1.94. The topological polar surface area (TPSA) is 50.2 Å². The molecule has 1 aromatic carbocycles. The van der Waals surface area contributed by atoms with Gasteiger partial charge in [0.2, 0.25) is 5.91 Å². The number of hydrogen-bond donors (Lipinski definition) is 1. The summed E-state index contributed by atoms with van der Waals surface area (Å²) in [5, 5.41) is 3.28. The van der Waals surface area contributed by atoms with Crippen LogP contribution in [0.15, 0.2) is 12.1 Å². The average Bonchev–Trinajstić information content (AvgIpc) is 2.86. The average molecular weight is 300 g/mol. The minimum atomic E-state index is 0.189. The molecule has 2 heterocycles. The van der Waals surface area contributed by atoms with Crippen LogP contribution in [0.4, 0.5) is 0 Å². The minimum absolute atomic E-state index is 0.189. The van der Waals surface area contributed by atoms with Crippen molar-refractivity contribution in [2.24, 2.45) is 0 Å². The van der Waals surface area contributed by atoms with E-state index in [0.717, 1.165) is 49.5 Å². The van der Waals surface area contributed by atoms with E-state index in [-0.39, 0.29) is 5.91 Å². The third kappa shape index (κ3) is 2.73. The second kappa shape index (κ2) is 6.08. The quantitative estimate of drug-likeness (QED) is 0.937. The molecule has 1 N–H and O–H groups in total. The van der Waals surface area contributed by atoms with E-state index in [0.29, 0.717) is 6.54 Å². The maximum atomic E-state index is 12.6. The van der Waals surface area contributed by atoms with E-state index >= 15 is 0 Å². The molecule has 3 rings (SSSR count). The normalized spacial score (nSPS) is 15.5. The van der Waals surface area contributed by atoms with Gasteiger partial charge in [-0.25, -0.2) is 4.98 Å². The molecule has 2 aromatic rings. The Kier molecular flexibility index (Phi) is 4.16. The summed E-state index contributed by atoms with van der Waals surface area (Å²) in [6.07, 6.45) is 0.835. The molecule has 1 aromatic heterocycles. The van der Waals surface area contributed by atoms with Crippen LogP contribution in [0.25, 0.3) is 11.0 Å². The van der Waals surface area contributed by atoms with Crippen molar-refractivity contribution < 1.29 is 4.79 Å². The van der Waals surface area contributed by atoms with E-state index in [9.17, 15) is 4.79 Å². The molecule has 1 aliphatic heterocycles. The number of piperazine rings is 1. The van der Waals surface area contributed by atoms with Crippen LogP contribution in [0.5, 0.6) is 0 Å². The predicted octanol–water partition coefficient (Wildman–Crippen LogP) is 1.65. The van der Waals surface area contributed by atoms with Gasteiger partial charge in [-0.2, -0.15) is 0 Å². The number of carbonyl (C=O) groups excluding carboxylic acids is 1. The highest BCUT2D eigenvalue weighted by Crippen LogP contribution is 2.21. The number of aromatic nitrogens is 2. The molecule has 1 fully saturated rings. The molecular weight excluding hydrogens is 276 g/mol. The van der Waals surface area contributed by atoms with Gasteiger partial charge in [0.05, 0.1) is 11.0 Å². The Morgan fingerprint density at radius 1 is 1.23 bits per heavy atom. The van der Waals surface area contributed by atoms with Gasteiger partial charge < -0.3 is 14.8 Å². The molecule has 0 unspecified atom stereocenters. The zero-order chi connectivity index (χ0) is 15.7. The number of hydrogen-bond acceptors (Lipinski definition) is 3. The van der Waals surface area contributed by atoms with E-state index in [1.807, 2.05) is 4.90 Å². The molecule has 1 amide bonds. The largest absolute Gasteiger partial charge is 0.339 e. The molecule has 1 aliphatic rings. The number of aryl methyl sites for hydroxylation is 3. The SMILES string of the molecule is CCc1nc2cc(C)c(C)cc2n1CC(=O)N1CCNCC1. The fourth-order valence-corrected chi connectivity index (χ4v) is 3.03. The standard InChI is InChI=1S/C17H24N4O/c1-4-16-19-14-9-12(2)13(3)10-15(14)21(16)11-17(22)20-7-5-18-6-8-20/h9-10,18H,4-8,11H2,1-3H3. The Morgan fingerprint density at radius 2 is 1.91 bits per heavy atom. The van der Waals surface area contributed by atoms with E-state index < -0.39 is 0 Å². The monoisotopic (exact) mass is 300 g/mol. The van der Waals surface area contributed by atoms with Crippen molar-refractivity contribution in [3.05, 3.63) is 29.1 Å². The summed E-state index contributed by atoms with van der Waals surface area (Å²) in [6.45, 7) is 10.1. The summed E-state index contributed by atoms with van der Waals surface area (Å²) >= 11 is 0. The van der Waals surface area contributed by atoms with Gasteiger partial charge in [0.1, 0.15) is 12.4 Å². The van der Waals surface area contributed by atoms with Gasteiger partial charge in [-0.1, -0.05) is 6.92 Å². The molecule has 0 saturated carbocycles. The van der Waals surface area contributed by atoms with E-state index in [1.165, 1.54) is 11.1 Å². The van der Waals surface area contributed by atoms with Gasteiger partial charge in [0.15, 0.2) is 0 Å². The van der Waals surface area contributed by atoms with E-state index in [2.05, 4.69) is 42.8 Å². The second-order valence-electron chi connectivity index (χ2n) is 6.02. The summed E-state index contributed by atoms with van der Waals surface area (Å²) in [4.78, 5) is 19.2. The number of fused-ring (bicyclic) bond motifs is 1. The molecule has 5 heteroatoms. The number of carbonyl (C=O) groups is 1. The lowest BCUT2D eigenvalue weighted by Gasteiger charge is -2.27. The van der Waals surface area contributed by atoms with Crippen LogP contribution < -0.4 is 5.32 Å². The van der Waals surface area contributed by atoms with Crippen molar-refractivity contribution >= 4 is 16.9 Å². The van der Waals surface area contributed by atoms with Crippen molar-refractivity contribution in [3.63, 3.8) is 0 Å². The lowest BCUT2D eigenvalue weighted by atomic mass is 10.1. The molecule has 1 saturated heterocycles. The molecule has 0 spiro atoms. The third-order valence-corrected chi connectivity index (χ3v) is 4.52. The van der Waals surface area contributed by atoms with Crippen molar-refractivity contribution in [2.75, 3.05) is 26.2 Å². The fraction of sp³-hybridized carbons (Fsp3) is 0.529. The van der Waals surface area contributed by atoms with Crippen molar-refractivity contribution in [2.45, 2.75) is 33.7 Å². The first-order chi connectivity index (χ1) is 10.6. The first-order valence-electron chi connectivity index (χ1n) is 8.05. The maximum absolute atomic E-state index is 12.6. The highest BCUT2D eigenvalue weighted by molar-refractivity contribution is 5.82.